The molecule has 1 aliphatic rings. The normalized spacial score (nSPS) is 13.8. The van der Waals surface area contributed by atoms with E-state index >= 15 is 0 Å². The van der Waals surface area contributed by atoms with Crippen molar-refractivity contribution < 1.29 is 9.53 Å². The first-order valence-electron chi connectivity index (χ1n) is 8.86. The maximum Gasteiger partial charge on any atom is 0.341 e. The number of nitrogens with two attached hydrogens (primary N) is 1. The molecule has 0 fully saturated rings. The third kappa shape index (κ3) is 3.72. The van der Waals surface area contributed by atoms with E-state index in [9.17, 15) is 4.79 Å². The monoisotopic (exact) mass is 358 g/mol. The molecule has 4 nitrogen and oxygen atoms in total. The Hall–Kier alpha value is -1.85. The second kappa shape index (κ2) is 7.58. The fourth-order valence-corrected chi connectivity index (χ4v) is 4.69. The van der Waals surface area contributed by atoms with E-state index < -0.39 is 0 Å². The molecule has 0 bridgehead atoms. The minimum atomic E-state index is -0.325. The molecule has 25 heavy (non-hydrogen) atoms. The van der Waals surface area contributed by atoms with Crippen LogP contribution in [0.2, 0.25) is 0 Å². The highest BCUT2D eigenvalue weighted by atomic mass is 32.1. The molecule has 0 saturated carbocycles. The predicted molar refractivity (Wildman–Crippen MR) is 104 cm³/mol. The number of esters is 1. The number of nitrogens with zero attached hydrogens (tertiary/aromatic N) is 1. The number of carbonyl (C=O) groups is 1. The number of hydrogen-bond acceptors (Lipinski definition) is 5. The lowest BCUT2D eigenvalue weighted by molar-refractivity contribution is 0.0529. The zero-order valence-corrected chi connectivity index (χ0v) is 16.0. The van der Waals surface area contributed by atoms with E-state index in [4.69, 9.17) is 10.5 Å². The van der Waals surface area contributed by atoms with Crippen molar-refractivity contribution in [3.05, 3.63) is 39.8 Å². The number of thiophene rings is 1. The molecule has 0 spiro atoms. The van der Waals surface area contributed by atoms with Crippen LogP contribution in [0.4, 0.5) is 5.00 Å². The minimum Gasteiger partial charge on any atom is -0.462 e. The number of ether oxygens (including phenoxy) is 1. The van der Waals surface area contributed by atoms with Gasteiger partial charge in [0.1, 0.15) is 10.6 Å². The number of carbonyl (C=O) groups excluding carboxylic acids is 1. The van der Waals surface area contributed by atoms with Crippen LogP contribution in [0.1, 0.15) is 46.1 Å². The van der Waals surface area contributed by atoms with Gasteiger partial charge in [-0.3, -0.25) is 0 Å². The quantitative estimate of drug-likeness (QED) is 0.817. The molecule has 3 rings (SSSR count). The second-order valence-electron chi connectivity index (χ2n) is 6.79. The van der Waals surface area contributed by atoms with Crippen molar-refractivity contribution in [1.82, 2.24) is 4.90 Å². The number of anilines is 1. The molecule has 2 aromatic rings. The predicted octanol–water partition coefficient (Wildman–Crippen LogP) is 4.11. The van der Waals surface area contributed by atoms with Gasteiger partial charge >= 0.3 is 5.97 Å². The Morgan fingerprint density at radius 2 is 1.96 bits per heavy atom. The van der Waals surface area contributed by atoms with Gasteiger partial charge in [-0.2, -0.15) is 0 Å². The molecule has 2 N–H and O–H groups in total. The fraction of sp³-hybridized carbons (Fsp3) is 0.450. The summed E-state index contributed by atoms with van der Waals surface area (Å²) in [6.45, 7) is 2.92. The molecule has 5 heteroatoms. The van der Waals surface area contributed by atoms with E-state index in [0.717, 1.165) is 35.4 Å². The summed E-state index contributed by atoms with van der Waals surface area (Å²) < 4.78 is 5.28. The zero-order chi connectivity index (χ0) is 18.0. The van der Waals surface area contributed by atoms with Crippen LogP contribution >= 0.6 is 11.3 Å². The molecule has 0 saturated heterocycles. The summed E-state index contributed by atoms with van der Waals surface area (Å²) in [6.07, 6.45) is 4.76. The SMILES string of the molecule is CCOC(=O)c1c(N)sc(CN(C)C)c1-c1ccc2c(c1)CCCC2. The molecule has 0 unspecified atom stereocenters. The average Bonchev–Trinajstić information content (AvgIpc) is 2.89. The van der Waals surface area contributed by atoms with Gasteiger partial charge in [0.05, 0.1) is 6.61 Å². The number of hydrogen-bond donors (Lipinski definition) is 1. The molecule has 0 amide bonds. The van der Waals surface area contributed by atoms with E-state index in [2.05, 4.69) is 23.1 Å². The van der Waals surface area contributed by atoms with Crippen molar-refractivity contribution in [3.8, 4) is 11.1 Å². The first-order chi connectivity index (χ1) is 12.0. The van der Waals surface area contributed by atoms with Crippen LogP contribution in [0.25, 0.3) is 11.1 Å². The van der Waals surface area contributed by atoms with Gasteiger partial charge in [0.2, 0.25) is 0 Å². The van der Waals surface area contributed by atoms with Gasteiger partial charge in [0.25, 0.3) is 0 Å². The lowest BCUT2D eigenvalue weighted by Crippen LogP contribution is -2.12. The Kier molecular flexibility index (Phi) is 5.45. The number of fused-ring (bicyclic) bond motifs is 1. The number of rotatable bonds is 5. The maximum absolute atomic E-state index is 12.5. The van der Waals surface area contributed by atoms with E-state index in [1.807, 2.05) is 21.0 Å². The third-order valence-electron chi connectivity index (χ3n) is 4.58. The van der Waals surface area contributed by atoms with E-state index in [1.165, 1.54) is 35.3 Å². The second-order valence-corrected chi connectivity index (χ2v) is 7.93. The van der Waals surface area contributed by atoms with Crippen molar-refractivity contribution in [1.29, 1.82) is 0 Å². The topological polar surface area (TPSA) is 55.6 Å². The van der Waals surface area contributed by atoms with Crippen LogP contribution in [0.5, 0.6) is 0 Å². The van der Waals surface area contributed by atoms with Crippen LogP contribution in [0.3, 0.4) is 0 Å². The van der Waals surface area contributed by atoms with Gasteiger partial charge in [-0.25, -0.2) is 4.79 Å². The van der Waals surface area contributed by atoms with Crippen molar-refractivity contribution in [2.45, 2.75) is 39.2 Å². The first-order valence-corrected chi connectivity index (χ1v) is 9.68. The molecular weight excluding hydrogens is 332 g/mol. The van der Waals surface area contributed by atoms with Gasteiger partial charge in [-0.05, 0) is 63.4 Å². The molecule has 1 aromatic carbocycles. The lowest BCUT2D eigenvalue weighted by Gasteiger charge is -2.18. The van der Waals surface area contributed by atoms with Crippen LogP contribution in [-0.4, -0.2) is 31.6 Å². The molecule has 0 aliphatic heterocycles. The number of benzene rings is 1. The summed E-state index contributed by atoms with van der Waals surface area (Å²) in [7, 11) is 4.05. The largest absolute Gasteiger partial charge is 0.462 e. The summed E-state index contributed by atoms with van der Waals surface area (Å²) in [4.78, 5) is 15.8. The Morgan fingerprint density at radius 3 is 2.64 bits per heavy atom. The summed E-state index contributed by atoms with van der Waals surface area (Å²) in [6, 6.07) is 6.59. The minimum absolute atomic E-state index is 0.325. The van der Waals surface area contributed by atoms with Crippen LogP contribution in [0.15, 0.2) is 18.2 Å². The fourth-order valence-electron chi connectivity index (χ4n) is 3.50. The van der Waals surface area contributed by atoms with E-state index in [1.54, 1.807) is 0 Å². The van der Waals surface area contributed by atoms with Gasteiger partial charge < -0.3 is 15.4 Å². The zero-order valence-electron chi connectivity index (χ0n) is 15.2. The molecule has 1 aliphatic carbocycles. The van der Waals surface area contributed by atoms with Gasteiger partial charge in [-0.1, -0.05) is 18.2 Å². The lowest BCUT2D eigenvalue weighted by atomic mass is 9.88. The molecular formula is C20H26N2O2S. The smallest absolute Gasteiger partial charge is 0.341 e. The number of aryl methyl sites for hydroxylation is 2. The first kappa shape index (κ1) is 18.0. The van der Waals surface area contributed by atoms with Crippen LogP contribution in [0, 0.1) is 0 Å². The summed E-state index contributed by atoms with van der Waals surface area (Å²) in [5.41, 5.74) is 11.6. The molecule has 1 heterocycles. The summed E-state index contributed by atoms with van der Waals surface area (Å²) >= 11 is 1.49. The van der Waals surface area contributed by atoms with Crippen molar-refractivity contribution >= 4 is 22.3 Å². The van der Waals surface area contributed by atoms with Gasteiger partial charge in [0.15, 0.2) is 0 Å². The highest BCUT2D eigenvalue weighted by Gasteiger charge is 2.25. The summed E-state index contributed by atoms with van der Waals surface area (Å²) in [5.74, 6) is -0.325. The molecule has 0 radical (unpaired) electrons. The Morgan fingerprint density at radius 1 is 1.24 bits per heavy atom. The molecule has 134 valence electrons. The van der Waals surface area contributed by atoms with Crippen molar-refractivity contribution in [2.24, 2.45) is 0 Å². The maximum atomic E-state index is 12.5. The van der Waals surface area contributed by atoms with Crippen molar-refractivity contribution in [3.63, 3.8) is 0 Å². The average molecular weight is 359 g/mol. The highest BCUT2D eigenvalue weighted by molar-refractivity contribution is 7.17. The molecule has 1 aromatic heterocycles. The highest BCUT2D eigenvalue weighted by Crippen LogP contribution is 2.41. The van der Waals surface area contributed by atoms with Crippen LogP contribution in [-0.2, 0) is 24.1 Å². The van der Waals surface area contributed by atoms with Gasteiger partial charge in [-0.15, -0.1) is 11.3 Å². The Balaban J connectivity index is 2.13. The Bertz CT molecular complexity index is 780. The van der Waals surface area contributed by atoms with Gasteiger partial charge in [0, 0.05) is 17.0 Å². The summed E-state index contributed by atoms with van der Waals surface area (Å²) in [5, 5.41) is 0.544. The van der Waals surface area contributed by atoms with Crippen molar-refractivity contribution in [2.75, 3.05) is 26.4 Å². The molecule has 0 atom stereocenters. The standard InChI is InChI=1S/C20H26N2O2S/c1-4-24-20(23)18-17(16(12-22(2)3)25-19(18)21)15-10-9-13-7-5-6-8-14(13)11-15/h9-11H,4-8,12,21H2,1-3H3. The number of nitrogen functional groups attached to an aromatic ring is 1. The third-order valence-corrected chi connectivity index (χ3v) is 5.59. The Labute approximate surface area is 153 Å². The van der Waals surface area contributed by atoms with E-state index in [-0.39, 0.29) is 5.97 Å². The van der Waals surface area contributed by atoms with Crippen LogP contribution < -0.4 is 5.73 Å². The van der Waals surface area contributed by atoms with E-state index in [0.29, 0.717) is 17.2 Å².